The lowest BCUT2D eigenvalue weighted by atomic mass is 10.1. The van der Waals surface area contributed by atoms with Crippen LogP contribution in [0.5, 0.6) is 0 Å². The number of rotatable bonds is 2. The molecule has 0 bridgehead atoms. The highest BCUT2D eigenvalue weighted by Gasteiger charge is 2.36. The molecular weight excluding hydrogens is 333 g/mol. The number of fused-ring (bicyclic) bond motifs is 1. The van der Waals surface area contributed by atoms with Gasteiger partial charge in [0.2, 0.25) is 5.91 Å². The summed E-state index contributed by atoms with van der Waals surface area (Å²) >= 11 is 6.16. The molecule has 0 spiro atoms. The van der Waals surface area contributed by atoms with Crippen LogP contribution in [0.1, 0.15) is 11.4 Å². The predicted octanol–water partition coefficient (Wildman–Crippen LogP) is 1.18. The fourth-order valence-electron chi connectivity index (χ4n) is 3.14. The summed E-state index contributed by atoms with van der Waals surface area (Å²) in [6, 6.07) is 5.89. The van der Waals surface area contributed by atoms with Crippen molar-refractivity contribution in [3.05, 3.63) is 41.5 Å². The summed E-state index contributed by atoms with van der Waals surface area (Å²) in [4.78, 5) is 22.1. The molecule has 8 heteroatoms. The van der Waals surface area contributed by atoms with Crippen LogP contribution in [-0.4, -0.2) is 45.3 Å². The molecule has 4 rings (SSSR count). The van der Waals surface area contributed by atoms with E-state index in [1.807, 2.05) is 6.07 Å². The number of benzene rings is 1. The summed E-state index contributed by atoms with van der Waals surface area (Å²) in [5, 5.41) is -0.261. The van der Waals surface area contributed by atoms with Gasteiger partial charge in [-0.05, 0) is 12.1 Å². The first kappa shape index (κ1) is 15.6. The molecule has 0 radical (unpaired) electrons. The Balaban J connectivity index is 1.54. The van der Waals surface area contributed by atoms with Gasteiger partial charge < -0.3 is 9.88 Å². The van der Waals surface area contributed by atoms with E-state index in [0.29, 0.717) is 37.4 Å². The van der Waals surface area contributed by atoms with E-state index in [-0.39, 0.29) is 17.1 Å². The number of nitrogens with zero attached hydrogens (tertiary/aromatic N) is 2. The molecule has 24 heavy (non-hydrogen) atoms. The lowest BCUT2D eigenvalue weighted by molar-refractivity contribution is -0.134. The second-order valence-electron chi connectivity index (χ2n) is 6.05. The summed E-state index contributed by atoms with van der Waals surface area (Å²) in [6.45, 7) is 1.62. The number of hydrogen-bond donors (Lipinski definition) is 3. The number of hydrazine groups is 1. The van der Waals surface area contributed by atoms with Gasteiger partial charge in [-0.3, -0.25) is 10.2 Å². The van der Waals surface area contributed by atoms with Gasteiger partial charge in [0.1, 0.15) is 17.7 Å². The Morgan fingerprint density at radius 3 is 3.04 bits per heavy atom. The molecule has 3 heterocycles. The molecule has 0 aliphatic carbocycles. The number of H-pyrrole nitrogens is 1. The van der Waals surface area contributed by atoms with E-state index >= 15 is 0 Å². The van der Waals surface area contributed by atoms with E-state index in [1.165, 1.54) is 12.1 Å². The third kappa shape index (κ3) is 2.79. The summed E-state index contributed by atoms with van der Waals surface area (Å²) < 4.78 is 13.4. The number of carbonyl (C=O) groups excluding carboxylic acids is 1. The monoisotopic (exact) mass is 349 g/mol. The van der Waals surface area contributed by atoms with Crippen LogP contribution in [0.3, 0.4) is 0 Å². The first-order valence-corrected chi connectivity index (χ1v) is 8.30. The lowest BCUT2D eigenvalue weighted by Gasteiger charge is -2.29. The van der Waals surface area contributed by atoms with Crippen molar-refractivity contribution in [2.24, 2.45) is 0 Å². The standard InChI is InChI=1S/C16H17ClFN5O/c17-11-7-19-22-14(11)16(24)23-5-4-12-13(8-23)21-15(20-12)9-2-1-3-10(18)6-9/h1-3,6,11,14,19,22H,4-5,7-8H2,(H,20,21). The van der Waals surface area contributed by atoms with E-state index in [2.05, 4.69) is 20.8 Å². The highest BCUT2D eigenvalue weighted by Crippen LogP contribution is 2.24. The quantitative estimate of drug-likeness (QED) is 0.712. The van der Waals surface area contributed by atoms with E-state index in [9.17, 15) is 9.18 Å². The fraction of sp³-hybridized carbons (Fsp3) is 0.375. The highest BCUT2D eigenvalue weighted by atomic mass is 35.5. The topological polar surface area (TPSA) is 73.1 Å². The van der Waals surface area contributed by atoms with Crippen LogP contribution in [0.15, 0.2) is 24.3 Å². The van der Waals surface area contributed by atoms with Gasteiger partial charge in [0.05, 0.1) is 23.3 Å². The molecule has 2 atom stereocenters. The molecule has 126 valence electrons. The first-order valence-electron chi connectivity index (χ1n) is 7.87. The summed E-state index contributed by atoms with van der Waals surface area (Å²) in [5.41, 5.74) is 8.35. The maximum Gasteiger partial charge on any atom is 0.243 e. The van der Waals surface area contributed by atoms with Crippen molar-refractivity contribution in [3.8, 4) is 11.4 Å². The number of amides is 1. The Labute approximate surface area is 143 Å². The second-order valence-corrected chi connectivity index (χ2v) is 6.61. The molecule has 2 aromatic rings. The van der Waals surface area contributed by atoms with E-state index in [1.54, 1.807) is 11.0 Å². The SMILES string of the molecule is O=C(C1NNCC1Cl)N1CCc2nc(-c3cccc(F)c3)[nH]c2C1. The Hall–Kier alpha value is -1.96. The zero-order valence-corrected chi connectivity index (χ0v) is 13.6. The Bertz CT molecular complexity index is 780. The number of aromatic amines is 1. The van der Waals surface area contributed by atoms with Crippen molar-refractivity contribution in [3.63, 3.8) is 0 Å². The minimum Gasteiger partial charge on any atom is -0.340 e. The van der Waals surface area contributed by atoms with E-state index < -0.39 is 6.04 Å². The van der Waals surface area contributed by atoms with Gasteiger partial charge >= 0.3 is 0 Å². The largest absolute Gasteiger partial charge is 0.340 e. The zero-order chi connectivity index (χ0) is 16.7. The molecule has 1 fully saturated rings. The molecule has 3 N–H and O–H groups in total. The van der Waals surface area contributed by atoms with Crippen molar-refractivity contribution >= 4 is 17.5 Å². The van der Waals surface area contributed by atoms with Crippen molar-refractivity contribution < 1.29 is 9.18 Å². The normalized spacial score (nSPS) is 23.3. The van der Waals surface area contributed by atoms with Crippen LogP contribution in [0.4, 0.5) is 4.39 Å². The number of aromatic nitrogens is 2. The molecule has 1 aromatic carbocycles. The molecule has 0 saturated carbocycles. The van der Waals surface area contributed by atoms with Gasteiger partial charge in [-0.25, -0.2) is 14.8 Å². The van der Waals surface area contributed by atoms with Gasteiger partial charge in [0, 0.05) is 25.1 Å². The molecule has 6 nitrogen and oxygen atoms in total. The zero-order valence-electron chi connectivity index (χ0n) is 12.9. The lowest BCUT2D eigenvalue weighted by Crippen LogP contribution is -2.49. The average molecular weight is 350 g/mol. The van der Waals surface area contributed by atoms with Crippen molar-refractivity contribution in [1.29, 1.82) is 0 Å². The molecule has 1 amide bonds. The van der Waals surface area contributed by atoms with Crippen LogP contribution in [0.25, 0.3) is 11.4 Å². The van der Waals surface area contributed by atoms with Crippen molar-refractivity contribution in [1.82, 2.24) is 25.7 Å². The van der Waals surface area contributed by atoms with Crippen LogP contribution in [-0.2, 0) is 17.8 Å². The number of hydrogen-bond acceptors (Lipinski definition) is 4. The van der Waals surface area contributed by atoms with Gasteiger partial charge in [-0.1, -0.05) is 12.1 Å². The van der Waals surface area contributed by atoms with E-state index in [4.69, 9.17) is 11.6 Å². The second kappa shape index (κ2) is 6.16. The van der Waals surface area contributed by atoms with Gasteiger partial charge in [0.25, 0.3) is 0 Å². The Kier molecular flexibility index (Phi) is 3.99. The molecule has 2 aliphatic rings. The smallest absolute Gasteiger partial charge is 0.243 e. The summed E-state index contributed by atoms with van der Waals surface area (Å²) in [6.07, 6.45) is 0.667. The van der Waals surface area contributed by atoms with Crippen LogP contribution >= 0.6 is 11.6 Å². The maximum absolute atomic E-state index is 13.4. The third-order valence-corrected chi connectivity index (χ3v) is 4.83. The summed E-state index contributed by atoms with van der Waals surface area (Å²) in [7, 11) is 0. The predicted molar refractivity (Wildman–Crippen MR) is 87.7 cm³/mol. The third-order valence-electron chi connectivity index (χ3n) is 4.42. The van der Waals surface area contributed by atoms with Crippen LogP contribution < -0.4 is 10.9 Å². The minimum absolute atomic E-state index is 0.0208. The summed E-state index contributed by atoms with van der Waals surface area (Å²) in [5.74, 6) is 0.309. The van der Waals surface area contributed by atoms with E-state index in [0.717, 1.165) is 11.4 Å². The minimum atomic E-state index is -0.418. The van der Waals surface area contributed by atoms with Gasteiger partial charge in [-0.15, -0.1) is 11.6 Å². The number of nitrogens with one attached hydrogen (secondary N) is 3. The van der Waals surface area contributed by atoms with Gasteiger partial charge in [-0.2, -0.15) is 0 Å². The van der Waals surface area contributed by atoms with Crippen molar-refractivity contribution in [2.75, 3.05) is 13.1 Å². The maximum atomic E-state index is 13.4. The highest BCUT2D eigenvalue weighted by molar-refractivity contribution is 6.23. The number of carbonyl (C=O) groups is 1. The molecular formula is C16H17ClFN5O. The number of halogens is 2. The molecule has 1 aromatic heterocycles. The molecule has 2 aliphatic heterocycles. The number of imidazole rings is 1. The molecule has 2 unspecified atom stereocenters. The Morgan fingerprint density at radius 1 is 1.42 bits per heavy atom. The Morgan fingerprint density at radius 2 is 2.29 bits per heavy atom. The number of alkyl halides is 1. The van der Waals surface area contributed by atoms with Gasteiger partial charge in [0.15, 0.2) is 0 Å². The molecule has 1 saturated heterocycles. The fourth-order valence-corrected chi connectivity index (χ4v) is 3.39. The van der Waals surface area contributed by atoms with Crippen LogP contribution in [0, 0.1) is 5.82 Å². The van der Waals surface area contributed by atoms with Crippen molar-refractivity contribution in [2.45, 2.75) is 24.4 Å². The van der Waals surface area contributed by atoms with Crippen LogP contribution in [0.2, 0.25) is 0 Å². The average Bonchev–Trinajstić information content (AvgIpc) is 3.19. The first-order chi connectivity index (χ1) is 11.6.